The van der Waals surface area contributed by atoms with E-state index in [9.17, 15) is 9.59 Å². The maximum atomic E-state index is 12.5. The van der Waals surface area contributed by atoms with Gasteiger partial charge in [0.1, 0.15) is 6.04 Å². The van der Waals surface area contributed by atoms with Gasteiger partial charge in [0.15, 0.2) is 0 Å². The van der Waals surface area contributed by atoms with Crippen LogP contribution in [0.4, 0.5) is 0 Å². The minimum atomic E-state index is -0.662. The summed E-state index contributed by atoms with van der Waals surface area (Å²) in [6.45, 7) is 2.14. The maximum Gasteiger partial charge on any atom is 0.328 e. The third kappa shape index (κ3) is 6.71. The predicted molar refractivity (Wildman–Crippen MR) is 113 cm³/mol. The second-order valence-corrected chi connectivity index (χ2v) is 7.74. The quantitative estimate of drug-likeness (QED) is 0.700. The monoisotopic (exact) mass is 394 g/mol. The van der Waals surface area contributed by atoms with Gasteiger partial charge in [-0.05, 0) is 49.4 Å². The van der Waals surface area contributed by atoms with Crippen molar-refractivity contribution in [3.8, 4) is 0 Å². The Hall–Kier alpha value is -2.66. The number of rotatable bonds is 8. The van der Waals surface area contributed by atoms with Crippen molar-refractivity contribution in [1.82, 2.24) is 10.2 Å². The number of methoxy groups -OCH3 is 1. The Bertz CT molecular complexity index is 771. The van der Waals surface area contributed by atoms with Crippen molar-refractivity contribution in [2.45, 2.75) is 31.7 Å². The van der Waals surface area contributed by atoms with Crippen LogP contribution in [0.25, 0.3) is 0 Å². The lowest BCUT2D eigenvalue weighted by molar-refractivity contribution is -0.145. The zero-order valence-electron chi connectivity index (χ0n) is 17.0. The Balaban J connectivity index is 1.46. The molecule has 1 saturated heterocycles. The SMILES string of the molecule is COC(=O)[C@@H](Cc1ccccc1)NC(=O)CN1CCC(Cc2ccccc2)CC1. The molecule has 0 unspecified atom stereocenters. The molecule has 0 spiro atoms. The predicted octanol–water partition coefficient (Wildman–Crippen LogP) is 2.84. The van der Waals surface area contributed by atoms with Crippen LogP contribution in [0, 0.1) is 5.92 Å². The average Bonchev–Trinajstić information content (AvgIpc) is 2.75. The van der Waals surface area contributed by atoms with Crippen LogP contribution in [0.2, 0.25) is 0 Å². The van der Waals surface area contributed by atoms with Gasteiger partial charge in [-0.15, -0.1) is 0 Å². The summed E-state index contributed by atoms with van der Waals surface area (Å²) in [6.07, 6.45) is 3.71. The van der Waals surface area contributed by atoms with E-state index in [0.29, 0.717) is 18.9 Å². The van der Waals surface area contributed by atoms with Crippen LogP contribution in [0.1, 0.15) is 24.0 Å². The van der Waals surface area contributed by atoms with Gasteiger partial charge in [0.2, 0.25) is 5.91 Å². The average molecular weight is 395 g/mol. The maximum absolute atomic E-state index is 12.5. The van der Waals surface area contributed by atoms with Gasteiger partial charge >= 0.3 is 5.97 Å². The smallest absolute Gasteiger partial charge is 0.328 e. The van der Waals surface area contributed by atoms with E-state index in [0.717, 1.165) is 37.9 Å². The van der Waals surface area contributed by atoms with Crippen molar-refractivity contribution >= 4 is 11.9 Å². The van der Waals surface area contributed by atoms with Gasteiger partial charge in [-0.2, -0.15) is 0 Å². The molecule has 1 aliphatic rings. The fourth-order valence-electron chi connectivity index (χ4n) is 3.92. The largest absolute Gasteiger partial charge is 0.467 e. The van der Waals surface area contributed by atoms with Crippen molar-refractivity contribution < 1.29 is 14.3 Å². The van der Waals surface area contributed by atoms with E-state index >= 15 is 0 Å². The number of hydrogen-bond donors (Lipinski definition) is 1. The second-order valence-electron chi connectivity index (χ2n) is 7.74. The van der Waals surface area contributed by atoms with Gasteiger partial charge in [-0.25, -0.2) is 4.79 Å². The number of piperidine rings is 1. The molecule has 1 atom stereocenters. The third-order valence-electron chi connectivity index (χ3n) is 5.55. The topological polar surface area (TPSA) is 58.6 Å². The molecule has 0 aromatic heterocycles. The molecule has 0 bridgehead atoms. The number of esters is 1. The van der Waals surface area contributed by atoms with Crippen LogP contribution >= 0.6 is 0 Å². The van der Waals surface area contributed by atoms with Crippen molar-refractivity contribution in [3.05, 3.63) is 71.8 Å². The highest BCUT2D eigenvalue weighted by Gasteiger charge is 2.25. The first-order chi connectivity index (χ1) is 14.1. The molecule has 0 radical (unpaired) electrons. The fourth-order valence-corrected chi connectivity index (χ4v) is 3.92. The van der Waals surface area contributed by atoms with E-state index < -0.39 is 12.0 Å². The van der Waals surface area contributed by atoms with Gasteiger partial charge in [0, 0.05) is 6.42 Å². The van der Waals surface area contributed by atoms with Gasteiger partial charge in [0.25, 0.3) is 0 Å². The summed E-state index contributed by atoms with van der Waals surface area (Å²) in [5.41, 5.74) is 2.37. The van der Waals surface area contributed by atoms with E-state index in [2.05, 4.69) is 34.5 Å². The molecular weight excluding hydrogens is 364 g/mol. The summed E-state index contributed by atoms with van der Waals surface area (Å²) in [5, 5.41) is 2.86. The first kappa shape index (κ1) is 21.1. The summed E-state index contributed by atoms with van der Waals surface area (Å²) < 4.78 is 4.88. The van der Waals surface area contributed by atoms with Gasteiger partial charge in [-0.1, -0.05) is 60.7 Å². The van der Waals surface area contributed by atoms with Crippen LogP contribution in [0.5, 0.6) is 0 Å². The first-order valence-corrected chi connectivity index (χ1v) is 10.3. The Labute approximate surface area is 173 Å². The van der Waals surface area contributed by atoms with Crippen molar-refractivity contribution in [2.24, 2.45) is 5.92 Å². The lowest BCUT2D eigenvalue weighted by atomic mass is 9.90. The Morgan fingerprint density at radius 3 is 2.17 bits per heavy atom. The highest BCUT2D eigenvalue weighted by Crippen LogP contribution is 2.21. The number of nitrogens with one attached hydrogen (secondary N) is 1. The summed E-state index contributed by atoms with van der Waals surface area (Å²) in [5.74, 6) is 0.124. The number of carbonyl (C=O) groups excluding carboxylic acids is 2. The standard InChI is InChI=1S/C24H30N2O3/c1-29-24(28)22(17-20-10-6-3-7-11-20)25-23(27)18-26-14-12-21(13-15-26)16-19-8-4-2-5-9-19/h2-11,21-22H,12-18H2,1H3,(H,25,27)/t22-/m1/s1. The number of benzene rings is 2. The van der Waals surface area contributed by atoms with Crippen LogP contribution in [-0.2, 0) is 27.2 Å². The number of hydrogen-bond acceptors (Lipinski definition) is 4. The van der Waals surface area contributed by atoms with Gasteiger partial charge < -0.3 is 10.1 Å². The molecule has 0 aliphatic carbocycles. The highest BCUT2D eigenvalue weighted by molar-refractivity contribution is 5.85. The van der Waals surface area contributed by atoms with E-state index in [1.807, 2.05) is 36.4 Å². The van der Waals surface area contributed by atoms with E-state index in [-0.39, 0.29) is 5.91 Å². The van der Waals surface area contributed by atoms with E-state index in [1.54, 1.807) is 0 Å². The Kier molecular flexibility index (Phi) is 7.82. The molecule has 29 heavy (non-hydrogen) atoms. The molecule has 1 amide bonds. The lowest BCUT2D eigenvalue weighted by Gasteiger charge is -2.31. The van der Waals surface area contributed by atoms with Gasteiger partial charge in [0.05, 0.1) is 13.7 Å². The summed E-state index contributed by atoms with van der Waals surface area (Å²) >= 11 is 0. The first-order valence-electron chi connectivity index (χ1n) is 10.3. The van der Waals surface area contributed by atoms with Gasteiger partial charge in [-0.3, -0.25) is 9.69 Å². The van der Waals surface area contributed by atoms with E-state index in [4.69, 9.17) is 4.74 Å². The summed E-state index contributed by atoms with van der Waals surface area (Å²) in [4.78, 5) is 26.8. The molecule has 1 aliphatic heterocycles. The number of carbonyl (C=O) groups is 2. The molecular formula is C24H30N2O3. The number of likely N-dealkylation sites (tertiary alicyclic amines) is 1. The van der Waals surface area contributed by atoms with Crippen molar-refractivity contribution in [1.29, 1.82) is 0 Å². The van der Waals surface area contributed by atoms with E-state index in [1.165, 1.54) is 12.7 Å². The van der Waals surface area contributed by atoms with Crippen LogP contribution in [0.3, 0.4) is 0 Å². The normalized spacial score (nSPS) is 16.2. The van der Waals surface area contributed by atoms with Crippen LogP contribution in [0.15, 0.2) is 60.7 Å². The number of nitrogens with zero attached hydrogens (tertiary/aromatic N) is 1. The number of amides is 1. The van der Waals surface area contributed by atoms with Crippen molar-refractivity contribution in [2.75, 3.05) is 26.7 Å². The van der Waals surface area contributed by atoms with Crippen molar-refractivity contribution in [3.63, 3.8) is 0 Å². The molecule has 1 fully saturated rings. The second kappa shape index (κ2) is 10.8. The molecule has 5 heteroatoms. The molecule has 2 aromatic rings. The summed E-state index contributed by atoms with van der Waals surface area (Å²) in [6, 6.07) is 19.6. The minimum Gasteiger partial charge on any atom is -0.467 e. The molecule has 3 rings (SSSR count). The van der Waals surface area contributed by atoms with Crippen LogP contribution < -0.4 is 5.32 Å². The Morgan fingerprint density at radius 2 is 1.59 bits per heavy atom. The molecule has 2 aromatic carbocycles. The number of ether oxygens (including phenoxy) is 1. The summed E-state index contributed by atoms with van der Waals surface area (Å²) in [7, 11) is 1.35. The lowest BCUT2D eigenvalue weighted by Crippen LogP contribution is -2.48. The zero-order valence-corrected chi connectivity index (χ0v) is 17.0. The third-order valence-corrected chi connectivity index (χ3v) is 5.55. The highest BCUT2D eigenvalue weighted by atomic mass is 16.5. The minimum absolute atomic E-state index is 0.127. The van der Waals surface area contributed by atoms with Crippen LogP contribution in [-0.4, -0.2) is 49.6 Å². The molecule has 154 valence electrons. The molecule has 5 nitrogen and oxygen atoms in total. The molecule has 1 heterocycles. The Morgan fingerprint density at radius 1 is 1.00 bits per heavy atom. The molecule has 0 saturated carbocycles. The fraction of sp³-hybridized carbons (Fsp3) is 0.417. The molecule has 1 N–H and O–H groups in total. The zero-order chi connectivity index (χ0) is 20.5.